The Morgan fingerprint density at radius 3 is 1.32 bits per heavy atom. The highest BCUT2D eigenvalue weighted by Gasteiger charge is 2.25. The molecule has 0 aliphatic carbocycles. The molecule has 2 aromatic rings. The number of unbranched alkanes of at least 4 members (excludes halogenated alkanes) is 1. The average Bonchev–Trinajstić information content (AvgIpc) is 3.35. The zero-order valence-corrected chi connectivity index (χ0v) is 18.7. The van der Waals surface area contributed by atoms with E-state index in [0.29, 0.717) is 24.5 Å². The van der Waals surface area contributed by atoms with E-state index >= 15 is 0 Å². The SMILES string of the molecule is O=C1C=CC(=O)N1c1cccc(CNCCCCNCc2cccc(N3C(=O)C=CC3=O)c2)c1. The molecule has 34 heavy (non-hydrogen) atoms. The van der Waals surface area contributed by atoms with E-state index in [1.165, 1.54) is 34.1 Å². The molecule has 8 nitrogen and oxygen atoms in total. The van der Waals surface area contributed by atoms with Crippen LogP contribution in [-0.2, 0) is 32.3 Å². The summed E-state index contributed by atoms with van der Waals surface area (Å²) >= 11 is 0. The molecule has 0 saturated heterocycles. The minimum Gasteiger partial charge on any atom is -0.313 e. The van der Waals surface area contributed by atoms with Gasteiger partial charge < -0.3 is 10.6 Å². The highest BCUT2D eigenvalue weighted by molar-refractivity contribution is 6.28. The molecule has 4 rings (SSSR count). The van der Waals surface area contributed by atoms with Crippen LogP contribution in [0.25, 0.3) is 0 Å². The summed E-state index contributed by atoms with van der Waals surface area (Å²) in [6, 6.07) is 14.8. The molecule has 0 fully saturated rings. The Hall–Kier alpha value is -3.88. The van der Waals surface area contributed by atoms with Crippen LogP contribution < -0.4 is 20.4 Å². The van der Waals surface area contributed by atoms with Crippen molar-refractivity contribution in [2.24, 2.45) is 0 Å². The molecule has 2 heterocycles. The minimum absolute atomic E-state index is 0.315. The van der Waals surface area contributed by atoms with E-state index in [9.17, 15) is 19.2 Å². The van der Waals surface area contributed by atoms with E-state index in [1.807, 2.05) is 36.4 Å². The minimum atomic E-state index is -0.315. The van der Waals surface area contributed by atoms with E-state index in [-0.39, 0.29) is 23.6 Å². The van der Waals surface area contributed by atoms with Crippen LogP contribution in [-0.4, -0.2) is 36.7 Å². The normalized spacial score (nSPS) is 15.3. The van der Waals surface area contributed by atoms with Gasteiger partial charge in [0.05, 0.1) is 11.4 Å². The Bertz CT molecular complexity index is 1040. The fraction of sp³-hybridized carbons (Fsp3) is 0.231. The second-order valence-corrected chi connectivity index (χ2v) is 8.09. The van der Waals surface area contributed by atoms with Gasteiger partial charge in [-0.2, -0.15) is 0 Å². The lowest BCUT2D eigenvalue weighted by Crippen LogP contribution is -2.29. The van der Waals surface area contributed by atoms with Gasteiger partial charge in [0, 0.05) is 37.4 Å². The molecule has 2 aliphatic heterocycles. The van der Waals surface area contributed by atoms with Gasteiger partial charge in [0.15, 0.2) is 0 Å². The highest BCUT2D eigenvalue weighted by Crippen LogP contribution is 2.21. The van der Waals surface area contributed by atoms with Gasteiger partial charge in [0.25, 0.3) is 23.6 Å². The quantitative estimate of drug-likeness (QED) is 0.396. The third kappa shape index (κ3) is 5.54. The molecule has 2 aromatic carbocycles. The van der Waals surface area contributed by atoms with Crippen molar-refractivity contribution in [3.8, 4) is 0 Å². The summed E-state index contributed by atoms with van der Waals surface area (Å²) in [7, 11) is 0. The summed E-state index contributed by atoms with van der Waals surface area (Å²) in [6.07, 6.45) is 7.11. The smallest absolute Gasteiger partial charge is 0.258 e. The Balaban J connectivity index is 1.13. The summed E-state index contributed by atoms with van der Waals surface area (Å²) in [6.45, 7) is 2.99. The van der Waals surface area contributed by atoms with Gasteiger partial charge in [0.2, 0.25) is 0 Å². The van der Waals surface area contributed by atoms with Gasteiger partial charge in [0.1, 0.15) is 0 Å². The maximum atomic E-state index is 11.8. The van der Waals surface area contributed by atoms with Crippen LogP contribution in [0, 0.1) is 0 Å². The summed E-state index contributed by atoms with van der Waals surface area (Å²) in [5.41, 5.74) is 3.19. The predicted molar refractivity (Wildman–Crippen MR) is 129 cm³/mol. The van der Waals surface area contributed by atoms with E-state index in [0.717, 1.165) is 37.1 Å². The third-order valence-electron chi connectivity index (χ3n) is 5.57. The highest BCUT2D eigenvalue weighted by atomic mass is 16.2. The number of anilines is 2. The van der Waals surface area contributed by atoms with Gasteiger partial charge in [-0.1, -0.05) is 24.3 Å². The number of carbonyl (C=O) groups excluding carboxylic acids is 4. The zero-order valence-electron chi connectivity index (χ0n) is 18.7. The Labute approximate surface area is 197 Å². The van der Waals surface area contributed by atoms with Crippen molar-refractivity contribution in [1.82, 2.24) is 10.6 Å². The first kappa shape index (κ1) is 23.3. The van der Waals surface area contributed by atoms with Crippen LogP contribution >= 0.6 is 0 Å². The van der Waals surface area contributed by atoms with Crippen LogP contribution in [0.5, 0.6) is 0 Å². The molecule has 2 N–H and O–H groups in total. The molecule has 2 aliphatic rings. The van der Waals surface area contributed by atoms with Crippen molar-refractivity contribution >= 4 is 35.0 Å². The van der Waals surface area contributed by atoms with E-state index in [4.69, 9.17) is 0 Å². The zero-order chi connectivity index (χ0) is 23.9. The molecule has 8 heteroatoms. The molecule has 0 spiro atoms. The van der Waals surface area contributed by atoms with Gasteiger partial charge in [-0.3, -0.25) is 19.2 Å². The lowest BCUT2D eigenvalue weighted by Gasteiger charge is -2.15. The first-order valence-electron chi connectivity index (χ1n) is 11.2. The van der Waals surface area contributed by atoms with Crippen LogP contribution in [0.2, 0.25) is 0 Å². The van der Waals surface area contributed by atoms with Crippen molar-refractivity contribution in [2.45, 2.75) is 25.9 Å². The van der Waals surface area contributed by atoms with E-state index in [2.05, 4.69) is 10.6 Å². The average molecular weight is 459 g/mol. The number of nitrogens with zero attached hydrogens (tertiary/aromatic N) is 2. The first-order valence-corrected chi connectivity index (χ1v) is 11.2. The number of amides is 4. The maximum Gasteiger partial charge on any atom is 0.258 e. The van der Waals surface area contributed by atoms with Crippen molar-refractivity contribution in [3.63, 3.8) is 0 Å². The van der Waals surface area contributed by atoms with E-state index in [1.54, 1.807) is 12.1 Å². The molecule has 0 saturated carbocycles. The van der Waals surface area contributed by atoms with Crippen LogP contribution in [0.3, 0.4) is 0 Å². The van der Waals surface area contributed by atoms with Gasteiger partial charge in [-0.15, -0.1) is 0 Å². The maximum absolute atomic E-state index is 11.8. The molecule has 0 unspecified atom stereocenters. The molecule has 0 atom stereocenters. The molecule has 0 bridgehead atoms. The molecule has 0 radical (unpaired) electrons. The summed E-state index contributed by atoms with van der Waals surface area (Å²) in [5.74, 6) is -1.26. The monoisotopic (exact) mass is 458 g/mol. The topological polar surface area (TPSA) is 98.8 Å². The van der Waals surface area contributed by atoms with Crippen molar-refractivity contribution < 1.29 is 19.2 Å². The number of benzene rings is 2. The van der Waals surface area contributed by atoms with Crippen molar-refractivity contribution in [1.29, 1.82) is 0 Å². The van der Waals surface area contributed by atoms with Crippen LogP contribution in [0.15, 0.2) is 72.8 Å². The second-order valence-electron chi connectivity index (χ2n) is 8.09. The molecule has 0 aromatic heterocycles. The Morgan fingerprint density at radius 1 is 0.559 bits per heavy atom. The first-order chi connectivity index (χ1) is 16.5. The number of imide groups is 2. The Morgan fingerprint density at radius 2 is 0.941 bits per heavy atom. The fourth-order valence-corrected chi connectivity index (χ4v) is 3.89. The Kier molecular flexibility index (Phi) is 7.41. The molecule has 4 amide bonds. The predicted octanol–water partition coefficient (Wildman–Crippen LogP) is 2.20. The standard InChI is InChI=1S/C26H26N4O4/c31-23-9-10-24(32)29(23)21-7-3-5-19(15-21)17-27-13-1-2-14-28-18-20-6-4-8-22(16-20)30-25(33)11-12-26(30)34/h3-12,15-16,27-28H,1-2,13-14,17-18H2. The van der Waals surface area contributed by atoms with Crippen LogP contribution in [0.1, 0.15) is 24.0 Å². The number of hydrogen-bond acceptors (Lipinski definition) is 6. The molecule has 174 valence electrons. The lowest BCUT2D eigenvalue weighted by atomic mass is 10.1. The van der Waals surface area contributed by atoms with Gasteiger partial charge in [-0.05, 0) is 61.3 Å². The number of carbonyl (C=O) groups is 4. The number of nitrogens with one attached hydrogen (secondary N) is 2. The molecular weight excluding hydrogens is 432 g/mol. The molecular formula is C26H26N4O4. The van der Waals surface area contributed by atoms with Crippen molar-refractivity contribution in [3.05, 3.63) is 84.0 Å². The van der Waals surface area contributed by atoms with Crippen molar-refractivity contribution in [2.75, 3.05) is 22.9 Å². The summed E-state index contributed by atoms with van der Waals surface area (Å²) in [5, 5.41) is 6.78. The summed E-state index contributed by atoms with van der Waals surface area (Å²) in [4.78, 5) is 49.7. The fourth-order valence-electron chi connectivity index (χ4n) is 3.89. The van der Waals surface area contributed by atoms with Gasteiger partial charge >= 0.3 is 0 Å². The summed E-state index contributed by atoms with van der Waals surface area (Å²) < 4.78 is 0. The largest absolute Gasteiger partial charge is 0.313 e. The number of rotatable bonds is 11. The third-order valence-corrected chi connectivity index (χ3v) is 5.57. The number of hydrogen-bond donors (Lipinski definition) is 2. The van der Waals surface area contributed by atoms with E-state index < -0.39 is 0 Å². The lowest BCUT2D eigenvalue weighted by molar-refractivity contribution is -0.121. The van der Waals surface area contributed by atoms with Crippen LogP contribution in [0.4, 0.5) is 11.4 Å². The van der Waals surface area contributed by atoms with Gasteiger partial charge in [-0.25, -0.2) is 9.80 Å². The second kappa shape index (κ2) is 10.8.